The Morgan fingerprint density at radius 3 is 1.87 bits per heavy atom. The molecule has 2 rings (SSSR count). The SMILES string of the molecule is C=CC(CCS(=O)(=O)CC)(CCS(=O)(=O)c1ccc(C)cc1)S(=O)(=O)c1ccccc1. The topological polar surface area (TPSA) is 102 Å². The van der Waals surface area contributed by atoms with Crippen molar-refractivity contribution in [3.63, 3.8) is 0 Å². The summed E-state index contributed by atoms with van der Waals surface area (Å²) in [5.41, 5.74) is 0.899. The molecular weight excluding hydrogens is 456 g/mol. The third kappa shape index (κ3) is 5.84. The van der Waals surface area contributed by atoms with Gasteiger partial charge in [-0.05, 0) is 44.0 Å². The Bertz CT molecular complexity index is 1210. The lowest BCUT2D eigenvalue weighted by molar-refractivity contribution is 0.528. The highest BCUT2D eigenvalue weighted by Crippen LogP contribution is 2.35. The molecule has 0 saturated carbocycles. The van der Waals surface area contributed by atoms with Gasteiger partial charge in [0, 0.05) is 5.75 Å². The third-order valence-electron chi connectivity index (χ3n) is 5.41. The monoisotopic (exact) mass is 484 g/mol. The molecule has 170 valence electrons. The van der Waals surface area contributed by atoms with Crippen LogP contribution in [0.4, 0.5) is 0 Å². The van der Waals surface area contributed by atoms with E-state index in [9.17, 15) is 25.3 Å². The standard InChI is InChI=1S/C22H28O6S3/c1-4-22(15-17-29(23,24)5-2,31(27,28)21-9-7-6-8-10-21)16-18-30(25,26)20-13-11-19(3)12-14-20/h4,6-14H,1,5,15-18H2,2-3H3. The zero-order valence-corrected chi connectivity index (χ0v) is 20.1. The Balaban J connectivity index is 2.48. The van der Waals surface area contributed by atoms with Crippen LogP contribution in [0.2, 0.25) is 0 Å². The maximum absolute atomic E-state index is 13.5. The van der Waals surface area contributed by atoms with Crippen molar-refractivity contribution in [1.82, 2.24) is 0 Å². The number of hydrogen-bond acceptors (Lipinski definition) is 6. The summed E-state index contributed by atoms with van der Waals surface area (Å²) in [6.07, 6.45) is 0.613. The molecule has 1 atom stereocenters. The molecule has 2 aromatic carbocycles. The van der Waals surface area contributed by atoms with Gasteiger partial charge in [0.2, 0.25) is 0 Å². The highest BCUT2D eigenvalue weighted by Gasteiger charge is 2.43. The predicted octanol–water partition coefficient (Wildman–Crippen LogP) is 3.38. The van der Waals surface area contributed by atoms with Gasteiger partial charge in [0.1, 0.15) is 9.84 Å². The summed E-state index contributed by atoms with van der Waals surface area (Å²) >= 11 is 0. The van der Waals surface area contributed by atoms with E-state index in [2.05, 4.69) is 6.58 Å². The zero-order chi connectivity index (χ0) is 23.3. The Morgan fingerprint density at radius 1 is 0.806 bits per heavy atom. The van der Waals surface area contributed by atoms with Crippen LogP contribution in [0.15, 0.2) is 77.0 Å². The van der Waals surface area contributed by atoms with Crippen LogP contribution in [-0.2, 0) is 29.5 Å². The van der Waals surface area contributed by atoms with Gasteiger partial charge in [-0.1, -0.05) is 48.9 Å². The van der Waals surface area contributed by atoms with E-state index in [0.717, 1.165) is 5.56 Å². The van der Waals surface area contributed by atoms with Crippen LogP contribution in [0, 0.1) is 6.92 Å². The van der Waals surface area contributed by atoms with E-state index in [1.165, 1.54) is 37.3 Å². The van der Waals surface area contributed by atoms with E-state index in [1.807, 2.05) is 6.92 Å². The zero-order valence-electron chi connectivity index (χ0n) is 17.7. The molecule has 0 aromatic heterocycles. The number of hydrogen-bond donors (Lipinski definition) is 0. The number of rotatable bonds is 11. The molecule has 0 heterocycles. The van der Waals surface area contributed by atoms with Crippen LogP contribution in [-0.4, -0.2) is 47.3 Å². The van der Waals surface area contributed by atoms with E-state index < -0.39 is 40.0 Å². The van der Waals surface area contributed by atoms with Crippen molar-refractivity contribution in [1.29, 1.82) is 0 Å². The van der Waals surface area contributed by atoms with Crippen LogP contribution in [0.1, 0.15) is 25.3 Å². The molecule has 0 radical (unpaired) electrons. The number of sulfone groups is 3. The number of aryl methyl sites for hydroxylation is 1. The second kappa shape index (κ2) is 9.67. The van der Waals surface area contributed by atoms with Gasteiger partial charge in [0.25, 0.3) is 0 Å². The molecule has 0 bridgehead atoms. The second-order valence-electron chi connectivity index (χ2n) is 7.45. The van der Waals surface area contributed by atoms with Crippen LogP contribution in [0.25, 0.3) is 0 Å². The van der Waals surface area contributed by atoms with Crippen molar-refractivity contribution in [2.24, 2.45) is 0 Å². The summed E-state index contributed by atoms with van der Waals surface area (Å²) in [5, 5.41) is 0. The van der Waals surface area contributed by atoms with Gasteiger partial charge in [-0.2, -0.15) is 0 Å². The lowest BCUT2D eigenvalue weighted by Gasteiger charge is -2.30. The lowest BCUT2D eigenvalue weighted by atomic mass is 10.0. The van der Waals surface area contributed by atoms with Crippen molar-refractivity contribution < 1.29 is 25.3 Å². The molecule has 0 aliphatic carbocycles. The normalized spacial score (nSPS) is 14.6. The molecule has 31 heavy (non-hydrogen) atoms. The molecule has 6 nitrogen and oxygen atoms in total. The van der Waals surface area contributed by atoms with Crippen molar-refractivity contribution in [2.75, 3.05) is 17.3 Å². The molecule has 1 unspecified atom stereocenters. The van der Waals surface area contributed by atoms with Crippen molar-refractivity contribution >= 4 is 29.5 Å². The van der Waals surface area contributed by atoms with Gasteiger partial charge in [-0.15, -0.1) is 6.58 Å². The molecule has 0 aliphatic rings. The number of benzene rings is 2. The molecule has 0 aliphatic heterocycles. The Labute approximate surface area is 185 Å². The first-order valence-corrected chi connectivity index (χ1v) is 14.8. The minimum atomic E-state index is -4.10. The van der Waals surface area contributed by atoms with Crippen LogP contribution in [0.5, 0.6) is 0 Å². The minimum Gasteiger partial charge on any atom is -0.229 e. The van der Waals surface area contributed by atoms with Crippen LogP contribution in [0.3, 0.4) is 0 Å². The Kier molecular flexibility index (Phi) is 7.89. The smallest absolute Gasteiger partial charge is 0.187 e. The van der Waals surface area contributed by atoms with Crippen LogP contribution < -0.4 is 0 Å². The second-order valence-corrected chi connectivity index (χ2v) is 14.3. The van der Waals surface area contributed by atoms with Gasteiger partial charge >= 0.3 is 0 Å². The van der Waals surface area contributed by atoms with E-state index in [-0.39, 0.29) is 34.1 Å². The van der Waals surface area contributed by atoms with Crippen molar-refractivity contribution in [3.05, 3.63) is 72.8 Å². The Morgan fingerprint density at radius 2 is 1.35 bits per heavy atom. The van der Waals surface area contributed by atoms with Crippen molar-refractivity contribution in [2.45, 2.75) is 41.2 Å². The maximum atomic E-state index is 13.5. The summed E-state index contributed by atoms with van der Waals surface area (Å²) in [6.45, 7) is 6.99. The quantitative estimate of drug-likeness (QED) is 0.453. The first kappa shape index (κ1) is 25.3. The summed E-state index contributed by atoms with van der Waals surface area (Å²) in [5.74, 6) is -0.972. The molecule has 0 fully saturated rings. The molecule has 0 spiro atoms. The minimum absolute atomic E-state index is 0.00321. The van der Waals surface area contributed by atoms with Gasteiger partial charge < -0.3 is 0 Å². The summed E-state index contributed by atoms with van der Waals surface area (Å²) in [4.78, 5) is 0.0888. The molecule has 0 amide bonds. The maximum Gasteiger partial charge on any atom is 0.187 e. The highest BCUT2D eigenvalue weighted by atomic mass is 32.2. The van der Waals surface area contributed by atoms with E-state index in [0.29, 0.717) is 0 Å². The van der Waals surface area contributed by atoms with Crippen molar-refractivity contribution in [3.8, 4) is 0 Å². The van der Waals surface area contributed by atoms with Gasteiger partial charge in [0.15, 0.2) is 19.7 Å². The van der Waals surface area contributed by atoms with E-state index >= 15 is 0 Å². The first-order chi connectivity index (χ1) is 14.4. The van der Waals surface area contributed by atoms with E-state index in [4.69, 9.17) is 0 Å². The van der Waals surface area contributed by atoms with E-state index in [1.54, 1.807) is 30.3 Å². The van der Waals surface area contributed by atoms with Crippen LogP contribution >= 0.6 is 0 Å². The molecule has 2 aromatic rings. The van der Waals surface area contributed by atoms with Gasteiger partial charge in [-0.3, -0.25) is 0 Å². The average Bonchev–Trinajstić information content (AvgIpc) is 2.75. The lowest BCUT2D eigenvalue weighted by Crippen LogP contribution is -2.40. The van der Waals surface area contributed by atoms with Gasteiger partial charge in [-0.25, -0.2) is 25.3 Å². The Hall–Kier alpha value is -1.97. The fraction of sp³-hybridized carbons (Fsp3) is 0.364. The fourth-order valence-corrected chi connectivity index (χ4v) is 7.77. The summed E-state index contributed by atoms with van der Waals surface area (Å²) < 4.78 is 75.3. The fourth-order valence-electron chi connectivity index (χ4n) is 3.19. The molecule has 0 N–H and O–H groups in total. The molecule has 0 saturated heterocycles. The molecular formula is C22H28O6S3. The highest BCUT2D eigenvalue weighted by molar-refractivity contribution is 7.94. The predicted molar refractivity (Wildman–Crippen MR) is 123 cm³/mol. The summed E-state index contributed by atoms with van der Waals surface area (Å²) in [6, 6.07) is 13.9. The largest absolute Gasteiger partial charge is 0.229 e. The third-order valence-corrected chi connectivity index (χ3v) is 11.4. The average molecular weight is 485 g/mol. The van der Waals surface area contributed by atoms with Gasteiger partial charge in [0.05, 0.1) is 26.0 Å². The first-order valence-electron chi connectivity index (χ1n) is 9.82. The molecule has 9 heteroatoms. The summed E-state index contributed by atoms with van der Waals surface area (Å²) in [7, 11) is -11.4.